The molecule has 0 radical (unpaired) electrons. The van der Waals surface area contributed by atoms with Gasteiger partial charge in [0.25, 0.3) is 0 Å². The van der Waals surface area contributed by atoms with E-state index in [1.165, 1.54) is 11.8 Å². The van der Waals surface area contributed by atoms with E-state index < -0.39 is 0 Å². The minimum absolute atomic E-state index is 0.0122. The van der Waals surface area contributed by atoms with Crippen LogP contribution in [0.4, 0.5) is 4.79 Å². The van der Waals surface area contributed by atoms with Crippen molar-refractivity contribution in [2.24, 2.45) is 5.92 Å². The molecule has 23 heavy (non-hydrogen) atoms. The number of hydrogen-bond acceptors (Lipinski definition) is 5. The molecule has 4 N–H and O–H groups in total. The highest BCUT2D eigenvalue weighted by Crippen LogP contribution is 2.19. The van der Waals surface area contributed by atoms with Crippen LogP contribution >= 0.6 is 11.8 Å². The van der Waals surface area contributed by atoms with Gasteiger partial charge in [-0.05, 0) is 19.8 Å². The number of rotatable bonds is 6. The van der Waals surface area contributed by atoms with E-state index in [0.29, 0.717) is 18.2 Å². The maximum absolute atomic E-state index is 12.1. The smallest absolute Gasteiger partial charge is 0.315 e. The zero-order chi connectivity index (χ0) is 16.8. The average molecular weight is 344 g/mol. The molecule has 0 aromatic heterocycles. The molecule has 0 aromatic rings. The summed E-state index contributed by atoms with van der Waals surface area (Å²) >= 11 is 1.49. The van der Waals surface area contributed by atoms with E-state index in [1.54, 1.807) is 7.11 Å². The van der Waals surface area contributed by atoms with Crippen LogP contribution in [-0.2, 0) is 9.53 Å². The second-order valence-corrected chi connectivity index (χ2v) is 7.50. The second kappa shape index (κ2) is 8.75. The number of amides is 3. The fourth-order valence-corrected chi connectivity index (χ4v) is 3.96. The third-order valence-electron chi connectivity index (χ3n) is 4.50. The van der Waals surface area contributed by atoms with Crippen LogP contribution in [0.15, 0.2) is 0 Å². The Morgan fingerprint density at radius 3 is 2.87 bits per heavy atom. The molecule has 2 aliphatic heterocycles. The fourth-order valence-electron chi connectivity index (χ4n) is 2.93. The van der Waals surface area contributed by atoms with Gasteiger partial charge in [0.15, 0.2) is 0 Å². The summed E-state index contributed by atoms with van der Waals surface area (Å²) < 4.78 is 5.33. The standard InChI is InChI=1S/C15H28N4O3S/c1-9-6-17-15(21)19-14(9)23-8-13(20)18-10(2)12-5-4-11(22-3)7-16-12/h9-12,14,16H,4-8H2,1-3H3,(H,18,20)(H2,17,19,21). The Morgan fingerprint density at radius 1 is 1.43 bits per heavy atom. The molecular weight excluding hydrogens is 316 g/mol. The number of piperidine rings is 1. The van der Waals surface area contributed by atoms with Crippen molar-refractivity contribution >= 4 is 23.7 Å². The van der Waals surface area contributed by atoms with E-state index in [1.807, 2.05) is 6.92 Å². The lowest BCUT2D eigenvalue weighted by atomic mass is 9.97. The van der Waals surface area contributed by atoms with E-state index in [2.05, 4.69) is 28.2 Å². The van der Waals surface area contributed by atoms with Crippen LogP contribution in [0.25, 0.3) is 0 Å². The Bertz CT molecular complexity index is 416. The maximum Gasteiger partial charge on any atom is 0.315 e. The summed E-state index contributed by atoms with van der Waals surface area (Å²) in [6, 6.07) is 0.210. The van der Waals surface area contributed by atoms with Crippen molar-refractivity contribution in [3.8, 4) is 0 Å². The molecule has 5 unspecified atom stereocenters. The van der Waals surface area contributed by atoms with Gasteiger partial charge in [-0.1, -0.05) is 6.92 Å². The first-order valence-corrected chi connectivity index (χ1v) is 9.26. The van der Waals surface area contributed by atoms with E-state index in [9.17, 15) is 9.59 Å². The van der Waals surface area contributed by atoms with Crippen LogP contribution in [0, 0.1) is 5.92 Å². The Kier molecular flexibility index (Phi) is 6.98. The summed E-state index contributed by atoms with van der Waals surface area (Å²) in [6.07, 6.45) is 2.28. The molecule has 3 amide bonds. The number of carbonyl (C=O) groups is 2. The highest BCUT2D eigenvalue weighted by molar-refractivity contribution is 8.00. The molecule has 0 spiro atoms. The molecule has 5 atom stereocenters. The Hall–Kier alpha value is -0.990. The largest absolute Gasteiger partial charge is 0.380 e. The van der Waals surface area contributed by atoms with Crippen molar-refractivity contribution in [2.45, 2.75) is 50.3 Å². The van der Waals surface area contributed by atoms with E-state index >= 15 is 0 Å². The Labute approximate surface area is 142 Å². The van der Waals surface area contributed by atoms with Gasteiger partial charge in [0.1, 0.15) is 0 Å². The summed E-state index contributed by atoms with van der Waals surface area (Å²) in [5.41, 5.74) is 0. The third kappa shape index (κ3) is 5.54. The quantitative estimate of drug-likeness (QED) is 0.555. The van der Waals surface area contributed by atoms with Gasteiger partial charge in [-0.25, -0.2) is 4.79 Å². The molecule has 0 aliphatic carbocycles. The second-order valence-electron chi connectivity index (χ2n) is 6.37. The summed E-state index contributed by atoms with van der Waals surface area (Å²) in [5.74, 6) is 0.666. The predicted octanol–water partition coefficient (Wildman–Crippen LogP) is 0.266. The maximum atomic E-state index is 12.1. The number of ether oxygens (including phenoxy) is 1. The molecule has 8 heteroatoms. The van der Waals surface area contributed by atoms with Crippen LogP contribution in [0.2, 0.25) is 0 Å². The lowest BCUT2D eigenvalue weighted by molar-refractivity contribution is -0.119. The summed E-state index contributed by atoms with van der Waals surface area (Å²) in [6.45, 7) is 5.56. The summed E-state index contributed by atoms with van der Waals surface area (Å²) in [5, 5.41) is 12.1. The van der Waals surface area contributed by atoms with Crippen LogP contribution in [-0.4, -0.2) is 61.5 Å². The number of methoxy groups -OCH3 is 1. The zero-order valence-electron chi connectivity index (χ0n) is 14.1. The van der Waals surface area contributed by atoms with Gasteiger partial charge in [-0.15, -0.1) is 11.8 Å². The van der Waals surface area contributed by atoms with Crippen molar-refractivity contribution in [3.05, 3.63) is 0 Å². The summed E-state index contributed by atoms with van der Waals surface area (Å²) in [4.78, 5) is 23.5. The van der Waals surface area contributed by atoms with Gasteiger partial charge < -0.3 is 26.0 Å². The SMILES string of the molecule is COC1CCC(C(C)NC(=O)CSC2NC(=O)NCC2C)NC1. The molecule has 2 fully saturated rings. The number of urea groups is 1. The minimum Gasteiger partial charge on any atom is -0.380 e. The number of thioether (sulfide) groups is 1. The third-order valence-corrected chi connectivity index (χ3v) is 5.87. The molecule has 0 bridgehead atoms. The van der Waals surface area contributed by atoms with Crippen LogP contribution in [0.5, 0.6) is 0 Å². The fraction of sp³-hybridized carbons (Fsp3) is 0.867. The molecule has 2 rings (SSSR count). The zero-order valence-corrected chi connectivity index (χ0v) is 14.9. The monoisotopic (exact) mass is 344 g/mol. The van der Waals surface area contributed by atoms with E-state index in [-0.39, 0.29) is 35.5 Å². The van der Waals surface area contributed by atoms with Crippen molar-refractivity contribution in [1.29, 1.82) is 0 Å². The minimum atomic E-state index is -0.159. The highest BCUT2D eigenvalue weighted by atomic mass is 32.2. The Morgan fingerprint density at radius 2 is 2.22 bits per heavy atom. The van der Waals surface area contributed by atoms with Crippen molar-refractivity contribution in [1.82, 2.24) is 21.3 Å². The lowest BCUT2D eigenvalue weighted by Crippen LogP contribution is -2.54. The normalized spacial score (nSPS) is 32.6. The van der Waals surface area contributed by atoms with Gasteiger partial charge in [0.05, 0.1) is 17.2 Å². The van der Waals surface area contributed by atoms with Gasteiger partial charge >= 0.3 is 6.03 Å². The molecule has 2 aliphatic rings. The topological polar surface area (TPSA) is 91.5 Å². The van der Waals surface area contributed by atoms with Crippen LogP contribution in [0.3, 0.4) is 0 Å². The lowest BCUT2D eigenvalue weighted by Gasteiger charge is -2.33. The number of hydrogen-bond donors (Lipinski definition) is 4. The number of carbonyl (C=O) groups excluding carboxylic acids is 2. The summed E-state index contributed by atoms with van der Waals surface area (Å²) in [7, 11) is 1.73. The van der Waals surface area contributed by atoms with Gasteiger partial charge in [-0.3, -0.25) is 4.79 Å². The average Bonchev–Trinajstić information content (AvgIpc) is 2.55. The molecule has 2 heterocycles. The molecule has 132 valence electrons. The van der Waals surface area contributed by atoms with Crippen molar-refractivity contribution < 1.29 is 14.3 Å². The first-order chi connectivity index (χ1) is 11.0. The van der Waals surface area contributed by atoms with Gasteiger partial charge in [-0.2, -0.15) is 0 Å². The first kappa shape index (κ1) is 18.4. The van der Waals surface area contributed by atoms with Crippen LogP contribution in [0.1, 0.15) is 26.7 Å². The van der Waals surface area contributed by atoms with Gasteiger partial charge in [0.2, 0.25) is 5.91 Å². The Balaban J connectivity index is 1.69. The van der Waals surface area contributed by atoms with Crippen molar-refractivity contribution in [3.63, 3.8) is 0 Å². The van der Waals surface area contributed by atoms with E-state index in [0.717, 1.165) is 19.4 Å². The first-order valence-electron chi connectivity index (χ1n) is 8.21. The molecule has 7 nitrogen and oxygen atoms in total. The molecule has 2 saturated heterocycles. The number of nitrogens with one attached hydrogen (secondary N) is 4. The molecule has 0 saturated carbocycles. The van der Waals surface area contributed by atoms with Crippen LogP contribution < -0.4 is 21.3 Å². The predicted molar refractivity (Wildman–Crippen MR) is 91.4 cm³/mol. The van der Waals surface area contributed by atoms with E-state index in [4.69, 9.17) is 4.74 Å². The molecule has 0 aromatic carbocycles. The highest BCUT2D eigenvalue weighted by Gasteiger charge is 2.28. The molecular formula is C15H28N4O3S. The van der Waals surface area contributed by atoms with Crippen molar-refractivity contribution in [2.75, 3.05) is 26.0 Å². The van der Waals surface area contributed by atoms with Gasteiger partial charge in [0, 0.05) is 38.2 Å².